The normalized spacial score (nSPS) is 18.9. The largest absolute Gasteiger partial charge is 0.461 e. The molecule has 1 aliphatic carbocycles. The summed E-state index contributed by atoms with van der Waals surface area (Å²) in [6, 6.07) is 11.8. The minimum Gasteiger partial charge on any atom is -0.461 e. The summed E-state index contributed by atoms with van der Waals surface area (Å²) < 4.78 is 5.97. The van der Waals surface area contributed by atoms with Crippen molar-refractivity contribution < 1.29 is 9.53 Å². The first-order chi connectivity index (χ1) is 11.3. The molecule has 3 heteroatoms. The Kier molecular flexibility index (Phi) is 3.20. The summed E-state index contributed by atoms with van der Waals surface area (Å²) in [4.78, 5) is 12.9. The van der Waals surface area contributed by atoms with Crippen molar-refractivity contribution in [3.8, 4) is 5.75 Å². The van der Waals surface area contributed by atoms with Gasteiger partial charge in [-0.25, -0.2) is 0 Å². The highest BCUT2D eigenvalue weighted by molar-refractivity contribution is 6.31. The fourth-order valence-corrected chi connectivity index (χ4v) is 3.83. The van der Waals surface area contributed by atoms with Crippen LogP contribution in [0.5, 0.6) is 5.75 Å². The van der Waals surface area contributed by atoms with Crippen molar-refractivity contribution in [2.24, 2.45) is 0 Å². The molecule has 0 saturated carbocycles. The van der Waals surface area contributed by atoms with Gasteiger partial charge in [0.15, 0.2) is 5.78 Å². The van der Waals surface area contributed by atoms with E-state index in [9.17, 15) is 4.79 Å². The van der Waals surface area contributed by atoms with Crippen LogP contribution in [-0.4, -0.2) is 5.78 Å². The number of carbonyl (C=O) groups excluding carboxylic acids is 1. The Morgan fingerprint density at radius 3 is 2.50 bits per heavy atom. The maximum atomic E-state index is 12.9. The smallest absolute Gasteiger partial charge is 0.193 e. The second kappa shape index (κ2) is 4.97. The lowest BCUT2D eigenvalue weighted by atomic mass is 9.81. The quantitative estimate of drug-likeness (QED) is 0.622. The number of halogens is 1. The Labute approximate surface area is 147 Å². The van der Waals surface area contributed by atoms with E-state index in [2.05, 4.69) is 32.9 Å². The molecule has 2 nitrogen and oxygen atoms in total. The second-order valence-corrected chi connectivity index (χ2v) is 8.00. The van der Waals surface area contributed by atoms with Crippen molar-refractivity contribution in [2.75, 3.05) is 0 Å². The number of carbonyl (C=O) groups is 1. The van der Waals surface area contributed by atoms with Gasteiger partial charge < -0.3 is 4.74 Å². The van der Waals surface area contributed by atoms with E-state index in [1.54, 1.807) is 6.07 Å². The van der Waals surface area contributed by atoms with E-state index in [1.165, 1.54) is 5.56 Å². The van der Waals surface area contributed by atoms with E-state index >= 15 is 0 Å². The topological polar surface area (TPSA) is 26.3 Å². The molecule has 0 spiro atoms. The molecular weight excluding hydrogens is 320 g/mol. The molecule has 0 radical (unpaired) electrons. The predicted molar refractivity (Wildman–Crippen MR) is 96.1 cm³/mol. The fourth-order valence-electron chi connectivity index (χ4n) is 3.65. The molecule has 1 heterocycles. The van der Waals surface area contributed by atoms with Crippen LogP contribution in [0.1, 0.15) is 60.7 Å². The molecule has 2 aromatic rings. The zero-order valence-corrected chi connectivity index (χ0v) is 15.0. The standard InChI is InChI=1S/C21H19ClO2/c1-11-18-19(15-10-13(22)6-7-14(15)20(18)23)16-9-12(21(2,3)4)5-8-17(16)24-11/h5-10,19H,1-4H3. The van der Waals surface area contributed by atoms with Crippen molar-refractivity contribution in [3.63, 3.8) is 0 Å². The van der Waals surface area contributed by atoms with Gasteiger partial charge in [0.2, 0.25) is 0 Å². The van der Waals surface area contributed by atoms with Gasteiger partial charge in [-0.1, -0.05) is 44.5 Å². The maximum Gasteiger partial charge on any atom is 0.193 e. The van der Waals surface area contributed by atoms with Gasteiger partial charge in [0, 0.05) is 22.1 Å². The number of hydrogen-bond acceptors (Lipinski definition) is 2. The first-order valence-corrected chi connectivity index (χ1v) is 8.52. The Hall–Kier alpha value is -2.06. The van der Waals surface area contributed by atoms with Gasteiger partial charge in [-0.05, 0) is 47.7 Å². The van der Waals surface area contributed by atoms with Gasteiger partial charge in [-0.2, -0.15) is 0 Å². The van der Waals surface area contributed by atoms with Gasteiger partial charge in [0.1, 0.15) is 11.5 Å². The predicted octanol–water partition coefficient (Wildman–Crippen LogP) is 5.63. The lowest BCUT2D eigenvalue weighted by Crippen LogP contribution is -2.17. The highest BCUT2D eigenvalue weighted by Crippen LogP contribution is 2.50. The number of allylic oxidation sites excluding steroid dienone is 2. The molecule has 0 saturated heterocycles. The van der Waals surface area contributed by atoms with Crippen molar-refractivity contribution >= 4 is 17.4 Å². The van der Waals surface area contributed by atoms with Crippen LogP contribution in [0.25, 0.3) is 0 Å². The van der Waals surface area contributed by atoms with Crippen LogP contribution < -0.4 is 4.74 Å². The number of ether oxygens (including phenoxy) is 1. The van der Waals surface area contributed by atoms with Gasteiger partial charge in [-0.15, -0.1) is 0 Å². The lowest BCUT2D eigenvalue weighted by molar-refractivity contribution is 0.103. The zero-order valence-electron chi connectivity index (χ0n) is 14.2. The second-order valence-electron chi connectivity index (χ2n) is 7.57. The minimum absolute atomic E-state index is 0.0329. The average molecular weight is 339 g/mol. The number of Topliss-reactive ketones (excluding diaryl/α,β-unsaturated/α-hetero) is 1. The van der Waals surface area contributed by atoms with Crippen LogP contribution in [0.15, 0.2) is 47.7 Å². The molecule has 0 fully saturated rings. The number of ketones is 1. The molecule has 2 aliphatic rings. The molecule has 24 heavy (non-hydrogen) atoms. The molecule has 0 aromatic heterocycles. The third-order valence-corrected chi connectivity index (χ3v) is 5.17. The number of hydrogen-bond donors (Lipinski definition) is 0. The van der Waals surface area contributed by atoms with Crippen LogP contribution in [-0.2, 0) is 5.41 Å². The highest BCUT2D eigenvalue weighted by atomic mass is 35.5. The van der Waals surface area contributed by atoms with Crippen LogP contribution in [0, 0.1) is 0 Å². The third kappa shape index (κ3) is 2.13. The van der Waals surface area contributed by atoms with Crippen LogP contribution >= 0.6 is 11.6 Å². The zero-order chi connectivity index (χ0) is 17.2. The summed E-state index contributed by atoms with van der Waals surface area (Å²) >= 11 is 6.21. The summed E-state index contributed by atoms with van der Waals surface area (Å²) in [7, 11) is 0. The number of rotatable bonds is 0. The van der Waals surface area contributed by atoms with Crippen molar-refractivity contribution in [1.82, 2.24) is 0 Å². The summed E-state index contributed by atoms with van der Waals surface area (Å²) in [6.45, 7) is 8.43. The summed E-state index contributed by atoms with van der Waals surface area (Å²) in [6.07, 6.45) is 0. The Morgan fingerprint density at radius 2 is 1.79 bits per heavy atom. The fraction of sp³-hybridized carbons (Fsp3) is 0.286. The summed E-state index contributed by atoms with van der Waals surface area (Å²) in [5.74, 6) is 1.48. The maximum absolute atomic E-state index is 12.9. The van der Waals surface area contributed by atoms with E-state index < -0.39 is 0 Å². The number of benzene rings is 2. The van der Waals surface area contributed by atoms with Crippen LogP contribution in [0.3, 0.4) is 0 Å². The minimum atomic E-state index is -0.0859. The third-order valence-electron chi connectivity index (χ3n) is 4.93. The van der Waals surface area contributed by atoms with Crippen molar-refractivity contribution in [3.05, 3.63) is 75.0 Å². The monoisotopic (exact) mass is 338 g/mol. The highest BCUT2D eigenvalue weighted by Gasteiger charge is 2.42. The molecule has 1 atom stereocenters. The Balaban J connectivity index is 1.99. The Bertz CT molecular complexity index is 916. The lowest BCUT2D eigenvalue weighted by Gasteiger charge is -2.28. The van der Waals surface area contributed by atoms with E-state index in [0.29, 0.717) is 10.8 Å². The molecule has 0 N–H and O–H groups in total. The first-order valence-electron chi connectivity index (χ1n) is 8.14. The van der Waals surface area contributed by atoms with Gasteiger partial charge in [0.05, 0.1) is 5.57 Å². The molecule has 0 bridgehead atoms. The van der Waals surface area contributed by atoms with E-state index in [-0.39, 0.29) is 17.1 Å². The van der Waals surface area contributed by atoms with Crippen molar-refractivity contribution in [1.29, 1.82) is 0 Å². The van der Waals surface area contributed by atoms with Crippen LogP contribution in [0.4, 0.5) is 0 Å². The van der Waals surface area contributed by atoms with Crippen LogP contribution in [0.2, 0.25) is 5.02 Å². The molecule has 1 unspecified atom stereocenters. The van der Waals surface area contributed by atoms with E-state index in [1.807, 2.05) is 25.1 Å². The molecule has 122 valence electrons. The van der Waals surface area contributed by atoms with Gasteiger partial charge in [0.25, 0.3) is 0 Å². The molecule has 4 rings (SSSR count). The SMILES string of the molecule is CC1=C2C(=O)c3ccc(Cl)cc3C2c2cc(C(C)(C)C)ccc2O1. The molecular formula is C21H19ClO2. The summed E-state index contributed by atoms with van der Waals surface area (Å²) in [5, 5.41) is 0.653. The van der Waals surface area contributed by atoms with E-state index in [4.69, 9.17) is 16.3 Å². The van der Waals surface area contributed by atoms with Gasteiger partial charge >= 0.3 is 0 Å². The van der Waals surface area contributed by atoms with E-state index in [0.717, 1.165) is 28.0 Å². The van der Waals surface area contributed by atoms with Crippen molar-refractivity contribution in [2.45, 2.75) is 39.0 Å². The molecule has 0 amide bonds. The Morgan fingerprint density at radius 1 is 1.04 bits per heavy atom. The average Bonchev–Trinajstić information content (AvgIpc) is 2.79. The number of fused-ring (bicyclic) bond motifs is 5. The summed E-state index contributed by atoms with van der Waals surface area (Å²) in [5.41, 5.74) is 4.77. The molecule has 1 aliphatic heterocycles. The first kappa shape index (κ1) is 15.5. The molecule has 2 aromatic carbocycles. The van der Waals surface area contributed by atoms with Gasteiger partial charge in [-0.3, -0.25) is 4.79 Å².